The Balaban J connectivity index is 1.53. The van der Waals surface area contributed by atoms with Gasteiger partial charge in [0.05, 0.1) is 5.54 Å². The normalized spacial score (nSPS) is 16.2. The highest BCUT2D eigenvalue weighted by atomic mass is 16.5. The van der Waals surface area contributed by atoms with Crippen molar-refractivity contribution in [3.63, 3.8) is 0 Å². The summed E-state index contributed by atoms with van der Waals surface area (Å²) in [7, 11) is 0. The Morgan fingerprint density at radius 1 is 1.08 bits per heavy atom. The van der Waals surface area contributed by atoms with Gasteiger partial charge in [0.15, 0.2) is 0 Å². The van der Waals surface area contributed by atoms with E-state index in [4.69, 9.17) is 15.2 Å². The monoisotopic (exact) mass is 340 g/mol. The maximum Gasteiger partial charge on any atom is 0.240 e. The van der Waals surface area contributed by atoms with Crippen LogP contribution in [0.2, 0.25) is 0 Å². The lowest BCUT2D eigenvalue weighted by molar-refractivity contribution is -0.129. The number of para-hydroxylation sites is 1. The molecule has 0 spiro atoms. The predicted octanol–water partition coefficient (Wildman–Crippen LogP) is 2.39. The summed E-state index contributed by atoms with van der Waals surface area (Å²) < 4.78 is 11.0. The number of benzene rings is 2. The van der Waals surface area contributed by atoms with Crippen molar-refractivity contribution in [2.24, 2.45) is 5.73 Å². The lowest BCUT2D eigenvalue weighted by Gasteiger charge is -2.31. The Bertz CT molecular complexity index is 697. The molecule has 1 amide bonds. The highest BCUT2D eigenvalue weighted by molar-refractivity contribution is 5.86. The van der Waals surface area contributed by atoms with E-state index in [0.717, 1.165) is 16.9 Å². The van der Waals surface area contributed by atoms with Gasteiger partial charge >= 0.3 is 0 Å². The number of hydrogen-bond acceptors (Lipinski definition) is 4. The number of amides is 1. The van der Waals surface area contributed by atoms with Crippen molar-refractivity contribution in [1.29, 1.82) is 0 Å². The number of carbonyl (C=O) groups is 1. The zero-order valence-electron chi connectivity index (χ0n) is 14.2. The first kappa shape index (κ1) is 17.5. The van der Waals surface area contributed by atoms with Gasteiger partial charge in [-0.25, -0.2) is 0 Å². The van der Waals surface area contributed by atoms with Crippen molar-refractivity contribution in [2.45, 2.75) is 31.5 Å². The quantitative estimate of drug-likeness (QED) is 0.847. The minimum atomic E-state index is -0.813. The molecule has 2 aromatic rings. The average molecular weight is 340 g/mol. The molecule has 3 N–H and O–H groups in total. The van der Waals surface area contributed by atoms with Crippen LogP contribution in [0.3, 0.4) is 0 Å². The van der Waals surface area contributed by atoms with Gasteiger partial charge < -0.3 is 20.5 Å². The van der Waals surface area contributed by atoms with E-state index in [1.165, 1.54) is 0 Å². The van der Waals surface area contributed by atoms with Gasteiger partial charge in [-0.3, -0.25) is 4.79 Å². The standard InChI is InChI=1S/C20H24N2O3/c21-20(9-11-24-12-10-20)19(23)22-14-16-5-4-6-17(13-16)15-25-18-7-2-1-3-8-18/h1-8,13H,9-12,14-15,21H2,(H,22,23). The molecule has 0 aromatic heterocycles. The van der Waals surface area contributed by atoms with Gasteiger partial charge in [-0.1, -0.05) is 42.5 Å². The van der Waals surface area contributed by atoms with Crippen LogP contribution in [0.15, 0.2) is 54.6 Å². The zero-order valence-corrected chi connectivity index (χ0v) is 14.2. The van der Waals surface area contributed by atoms with E-state index in [1.54, 1.807) is 0 Å². The van der Waals surface area contributed by atoms with Crippen LogP contribution >= 0.6 is 0 Å². The van der Waals surface area contributed by atoms with E-state index < -0.39 is 5.54 Å². The van der Waals surface area contributed by atoms with E-state index in [0.29, 0.717) is 39.2 Å². The third-order valence-corrected chi connectivity index (χ3v) is 4.43. The molecule has 3 rings (SSSR count). The molecular weight excluding hydrogens is 316 g/mol. The molecule has 5 heteroatoms. The zero-order chi connectivity index (χ0) is 17.5. The van der Waals surface area contributed by atoms with E-state index in [-0.39, 0.29) is 5.91 Å². The fraction of sp³-hybridized carbons (Fsp3) is 0.350. The molecule has 0 bridgehead atoms. The Kier molecular flexibility index (Phi) is 5.68. The number of rotatable bonds is 6. The first-order valence-electron chi connectivity index (χ1n) is 8.56. The van der Waals surface area contributed by atoms with Crippen LogP contribution in [0, 0.1) is 0 Å². The second-order valence-corrected chi connectivity index (χ2v) is 6.37. The molecule has 132 valence electrons. The van der Waals surface area contributed by atoms with Crippen molar-refractivity contribution >= 4 is 5.91 Å². The topological polar surface area (TPSA) is 73.6 Å². The fourth-order valence-electron chi connectivity index (χ4n) is 2.83. The summed E-state index contributed by atoms with van der Waals surface area (Å²) in [4.78, 5) is 12.4. The summed E-state index contributed by atoms with van der Waals surface area (Å²) in [5.41, 5.74) is 7.47. The number of nitrogens with one attached hydrogen (secondary N) is 1. The second-order valence-electron chi connectivity index (χ2n) is 6.37. The Morgan fingerprint density at radius 2 is 1.80 bits per heavy atom. The Morgan fingerprint density at radius 3 is 2.56 bits per heavy atom. The van der Waals surface area contributed by atoms with Crippen LogP contribution in [-0.2, 0) is 22.7 Å². The van der Waals surface area contributed by atoms with Crippen molar-refractivity contribution in [3.05, 3.63) is 65.7 Å². The molecule has 0 saturated carbocycles. The summed E-state index contributed by atoms with van der Waals surface area (Å²) in [6.07, 6.45) is 1.12. The van der Waals surface area contributed by atoms with Crippen molar-refractivity contribution in [3.8, 4) is 5.75 Å². The molecule has 2 aromatic carbocycles. The van der Waals surface area contributed by atoms with Gasteiger partial charge in [-0.05, 0) is 36.1 Å². The van der Waals surface area contributed by atoms with Gasteiger partial charge in [0, 0.05) is 19.8 Å². The van der Waals surface area contributed by atoms with Crippen LogP contribution in [-0.4, -0.2) is 24.7 Å². The molecule has 0 atom stereocenters. The lowest BCUT2D eigenvalue weighted by Crippen LogP contribution is -2.56. The van der Waals surface area contributed by atoms with Gasteiger partial charge in [-0.15, -0.1) is 0 Å². The Labute approximate surface area is 148 Å². The largest absolute Gasteiger partial charge is 0.489 e. The average Bonchev–Trinajstić information content (AvgIpc) is 2.66. The number of carbonyl (C=O) groups excluding carboxylic acids is 1. The van der Waals surface area contributed by atoms with E-state index in [9.17, 15) is 4.79 Å². The van der Waals surface area contributed by atoms with Crippen molar-refractivity contribution in [2.75, 3.05) is 13.2 Å². The molecule has 1 aliphatic heterocycles. The molecule has 0 aliphatic carbocycles. The van der Waals surface area contributed by atoms with E-state index in [1.807, 2.05) is 54.6 Å². The van der Waals surface area contributed by atoms with E-state index in [2.05, 4.69) is 5.32 Å². The molecule has 1 aliphatic rings. The molecule has 5 nitrogen and oxygen atoms in total. The molecule has 0 radical (unpaired) electrons. The smallest absolute Gasteiger partial charge is 0.240 e. The van der Waals surface area contributed by atoms with Crippen LogP contribution in [0.1, 0.15) is 24.0 Å². The molecule has 0 unspecified atom stereocenters. The highest BCUT2D eigenvalue weighted by Gasteiger charge is 2.35. The first-order chi connectivity index (χ1) is 12.2. The molecule has 1 heterocycles. The SMILES string of the molecule is NC1(C(=O)NCc2cccc(COc3ccccc3)c2)CCOCC1. The highest BCUT2D eigenvalue weighted by Crippen LogP contribution is 2.18. The maximum atomic E-state index is 12.4. The number of nitrogens with two attached hydrogens (primary N) is 1. The molecular formula is C20H24N2O3. The summed E-state index contributed by atoms with van der Waals surface area (Å²) in [6, 6.07) is 17.7. The lowest BCUT2D eigenvalue weighted by atomic mass is 9.90. The van der Waals surface area contributed by atoms with Gasteiger partial charge in [0.1, 0.15) is 12.4 Å². The van der Waals surface area contributed by atoms with Crippen LogP contribution in [0.5, 0.6) is 5.75 Å². The molecule has 1 saturated heterocycles. The van der Waals surface area contributed by atoms with Crippen molar-refractivity contribution in [1.82, 2.24) is 5.32 Å². The predicted molar refractivity (Wildman–Crippen MR) is 96.0 cm³/mol. The number of hydrogen-bond donors (Lipinski definition) is 2. The Hall–Kier alpha value is -2.37. The van der Waals surface area contributed by atoms with Gasteiger partial charge in [0.2, 0.25) is 5.91 Å². The van der Waals surface area contributed by atoms with Crippen molar-refractivity contribution < 1.29 is 14.3 Å². The van der Waals surface area contributed by atoms with Crippen LogP contribution in [0.25, 0.3) is 0 Å². The first-order valence-corrected chi connectivity index (χ1v) is 8.56. The third kappa shape index (κ3) is 4.81. The van der Waals surface area contributed by atoms with Gasteiger partial charge in [-0.2, -0.15) is 0 Å². The number of ether oxygens (including phenoxy) is 2. The summed E-state index contributed by atoms with van der Waals surface area (Å²) >= 11 is 0. The maximum absolute atomic E-state index is 12.4. The third-order valence-electron chi connectivity index (χ3n) is 4.43. The summed E-state index contributed by atoms with van der Waals surface area (Å²) in [6.45, 7) is 2.02. The summed E-state index contributed by atoms with van der Waals surface area (Å²) in [5, 5.41) is 2.95. The minimum absolute atomic E-state index is 0.110. The fourth-order valence-corrected chi connectivity index (χ4v) is 2.83. The summed E-state index contributed by atoms with van der Waals surface area (Å²) in [5.74, 6) is 0.729. The molecule has 25 heavy (non-hydrogen) atoms. The van der Waals surface area contributed by atoms with Crippen LogP contribution < -0.4 is 15.8 Å². The van der Waals surface area contributed by atoms with E-state index >= 15 is 0 Å². The molecule has 1 fully saturated rings. The minimum Gasteiger partial charge on any atom is -0.489 e. The second kappa shape index (κ2) is 8.14. The van der Waals surface area contributed by atoms with Crippen LogP contribution in [0.4, 0.5) is 0 Å². The van der Waals surface area contributed by atoms with Gasteiger partial charge in [0.25, 0.3) is 0 Å².